The predicted molar refractivity (Wildman–Crippen MR) is 90.2 cm³/mol. The van der Waals surface area contributed by atoms with Crippen molar-refractivity contribution in [2.75, 3.05) is 33.4 Å². The predicted octanol–water partition coefficient (Wildman–Crippen LogP) is 1.90. The molecule has 0 bridgehead atoms. The lowest BCUT2D eigenvalue weighted by molar-refractivity contribution is -0.0745. The van der Waals surface area contributed by atoms with E-state index in [0.29, 0.717) is 38.0 Å². The van der Waals surface area contributed by atoms with Crippen LogP contribution in [0.15, 0.2) is 24.3 Å². The molecule has 1 fully saturated rings. The van der Waals surface area contributed by atoms with Crippen LogP contribution in [0.1, 0.15) is 29.6 Å². The third-order valence-electron chi connectivity index (χ3n) is 4.84. The van der Waals surface area contributed by atoms with Crippen LogP contribution < -0.4 is 4.74 Å². The van der Waals surface area contributed by atoms with Crippen molar-refractivity contribution in [3.8, 4) is 5.75 Å². The first-order valence-corrected chi connectivity index (χ1v) is 8.54. The summed E-state index contributed by atoms with van der Waals surface area (Å²) in [6.45, 7) is -2.06. The van der Waals surface area contributed by atoms with Crippen LogP contribution in [0.3, 0.4) is 0 Å². The number of aliphatic hydroxyl groups is 2. The molecule has 1 aromatic carbocycles. The second-order valence-electron chi connectivity index (χ2n) is 6.55. The Morgan fingerprint density at radius 1 is 1.38 bits per heavy atom. The summed E-state index contributed by atoms with van der Waals surface area (Å²) in [5.41, 5.74) is -0.447. The number of likely N-dealkylation sites (tertiary alicyclic amines) is 1. The van der Waals surface area contributed by atoms with Gasteiger partial charge in [-0.25, -0.2) is 0 Å². The van der Waals surface area contributed by atoms with Gasteiger partial charge in [0.15, 0.2) is 0 Å². The molecule has 146 valence electrons. The Kier molecular flexibility index (Phi) is 7.31. The number of alkyl halides is 2. The first-order valence-electron chi connectivity index (χ1n) is 8.54. The summed E-state index contributed by atoms with van der Waals surface area (Å²) >= 11 is 0. The molecule has 0 spiro atoms. The van der Waals surface area contributed by atoms with E-state index in [-0.39, 0.29) is 24.8 Å². The van der Waals surface area contributed by atoms with Crippen LogP contribution in [-0.4, -0.2) is 67.1 Å². The number of ether oxygens (including phenoxy) is 2. The molecule has 8 heteroatoms. The molecule has 1 aliphatic rings. The van der Waals surface area contributed by atoms with E-state index in [9.17, 15) is 23.8 Å². The van der Waals surface area contributed by atoms with Gasteiger partial charge in [-0.15, -0.1) is 0 Å². The van der Waals surface area contributed by atoms with E-state index in [0.717, 1.165) is 0 Å². The fourth-order valence-corrected chi connectivity index (χ4v) is 3.33. The average molecular weight is 373 g/mol. The summed E-state index contributed by atoms with van der Waals surface area (Å²) in [6, 6.07) is 5.49. The largest absolute Gasteiger partial charge is 0.435 e. The average Bonchev–Trinajstić information content (AvgIpc) is 2.63. The zero-order valence-corrected chi connectivity index (χ0v) is 14.7. The monoisotopic (exact) mass is 373 g/mol. The van der Waals surface area contributed by atoms with E-state index in [2.05, 4.69) is 4.74 Å². The van der Waals surface area contributed by atoms with Crippen molar-refractivity contribution in [1.29, 1.82) is 0 Å². The fraction of sp³-hybridized carbons (Fsp3) is 0.611. The fourth-order valence-electron chi connectivity index (χ4n) is 3.33. The number of nitrogens with zero attached hydrogens (tertiary/aromatic N) is 1. The number of carbonyl (C=O) groups is 1. The number of hydrogen-bond acceptors (Lipinski definition) is 5. The van der Waals surface area contributed by atoms with E-state index < -0.39 is 18.1 Å². The standard InChI is InChI=1S/C18H25F2NO5/c1-25-10-2-8-18(12-22)11-21(9-7-15(18)23)16(24)13-3-5-14(6-4-13)26-17(19)20/h3-6,15,17,22-23H,2,7-12H2,1H3/t15-,18+/m1/s1. The van der Waals surface area contributed by atoms with E-state index in [1.54, 1.807) is 12.0 Å². The van der Waals surface area contributed by atoms with Gasteiger partial charge < -0.3 is 24.6 Å². The maximum Gasteiger partial charge on any atom is 0.387 e. The number of rotatable bonds is 8. The van der Waals surface area contributed by atoms with E-state index in [1.165, 1.54) is 24.3 Å². The van der Waals surface area contributed by atoms with Gasteiger partial charge >= 0.3 is 6.61 Å². The number of aliphatic hydroxyl groups excluding tert-OH is 2. The van der Waals surface area contributed by atoms with Gasteiger partial charge in [-0.2, -0.15) is 8.78 Å². The zero-order valence-electron chi connectivity index (χ0n) is 14.7. The normalized spacial score (nSPS) is 23.3. The van der Waals surface area contributed by atoms with Crippen molar-refractivity contribution in [3.05, 3.63) is 29.8 Å². The van der Waals surface area contributed by atoms with Gasteiger partial charge in [0.05, 0.1) is 12.7 Å². The van der Waals surface area contributed by atoms with Gasteiger partial charge in [0.25, 0.3) is 5.91 Å². The number of halogens is 2. The first-order chi connectivity index (χ1) is 12.4. The molecule has 2 rings (SSSR count). The van der Waals surface area contributed by atoms with Crippen LogP contribution in [0.2, 0.25) is 0 Å². The van der Waals surface area contributed by atoms with Gasteiger partial charge in [-0.05, 0) is 43.5 Å². The SMILES string of the molecule is COCCC[C@@]1(CO)CN(C(=O)c2ccc(OC(F)F)cc2)CC[C@H]1O. The summed E-state index contributed by atoms with van der Waals surface area (Å²) in [4.78, 5) is 14.3. The lowest BCUT2D eigenvalue weighted by Gasteiger charge is -2.45. The molecule has 1 heterocycles. The summed E-state index contributed by atoms with van der Waals surface area (Å²) in [5, 5.41) is 20.3. The molecule has 0 aliphatic carbocycles. The molecule has 1 aliphatic heterocycles. The van der Waals surface area contributed by atoms with Crippen LogP contribution in [0.5, 0.6) is 5.75 Å². The summed E-state index contributed by atoms with van der Waals surface area (Å²) in [7, 11) is 1.58. The van der Waals surface area contributed by atoms with Gasteiger partial charge in [-0.3, -0.25) is 4.79 Å². The first kappa shape index (κ1) is 20.5. The third kappa shape index (κ3) is 4.90. The highest BCUT2D eigenvalue weighted by Crippen LogP contribution is 2.35. The number of methoxy groups -OCH3 is 1. The molecule has 2 atom stereocenters. The minimum atomic E-state index is -2.92. The molecule has 6 nitrogen and oxygen atoms in total. The molecule has 26 heavy (non-hydrogen) atoms. The molecule has 0 saturated carbocycles. The molecule has 0 unspecified atom stereocenters. The summed E-state index contributed by atoms with van der Waals surface area (Å²) in [6.07, 6.45) is 0.862. The van der Waals surface area contributed by atoms with E-state index in [1.807, 2.05) is 0 Å². The smallest absolute Gasteiger partial charge is 0.387 e. The Balaban J connectivity index is 2.08. The van der Waals surface area contributed by atoms with Gasteiger partial charge in [-0.1, -0.05) is 0 Å². The molecule has 2 N–H and O–H groups in total. The van der Waals surface area contributed by atoms with Gasteiger partial charge in [0.1, 0.15) is 5.75 Å². The Morgan fingerprint density at radius 2 is 2.08 bits per heavy atom. The number of benzene rings is 1. The molecule has 1 saturated heterocycles. The molecule has 1 aromatic rings. The maximum absolute atomic E-state index is 12.7. The Morgan fingerprint density at radius 3 is 2.65 bits per heavy atom. The molecule has 0 aromatic heterocycles. The quantitative estimate of drug-likeness (QED) is 0.681. The number of hydrogen-bond donors (Lipinski definition) is 2. The lowest BCUT2D eigenvalue weighted by atomic mass is 9.74. The highest BCUT2D eigenvalue weighted by Gasteiger charge is 2.43. The Bertz CT molecular complexity index is 583. The van der Waals surface area contributed by atoms with Crippen molar-refractivity contribution in [3.63, 3.8) is 0 Å². The van der Waals surface area contributed by atoms with Crippen LogP contribution in [0.25, 0.3) is 0 Å². The Labute approximate surface area is 151 Å². The molecule has 1 amide bonds. The third-order valence-corrected chi connectivity index (χ3v) is 4.84. The molecular weight excluding hydrogens is 348 g/mol. The highest BCUT2D eigenvalue weighted by molar-refractivity contribution is 5.94. The van der Waals surface area contributed by atoms with E-state index in [4.69, 9.17) is 4.74 Å². The summed E-state index contributed by atoms with van der Waals surface area (Å²) in [5.74, 6) is -0.292. The second-order valence-corrected chi connectivity index (χ2v) is 6.55. The van der Waals surface area contributed by atoms with Gasteiger partial charge in [0.2, 0.25) is 0 Å². The van der Waals surface area contributed by atoms with Crippen molar-refractivity contribution in [2.45, 2.75) is 32.0 Å². The van der Waals surface area contributed by atoms with Crippen LogP contribution in [-0.2, 0) is 4.74 Å². The lowest BCUT2D eigenvalue weighted by Crippen LogP contribution is -2.55. The van der Waals surface area contributed by atoms with Crippen molar-refractivity contribution < 1.29 is 33.3 Å². The minimum Gasteiger partial charge on any atom is -0.435 e. The van der Waals surface area contributed by atoms with Crippen molar-refractivity contribution in [1.82, 2.24) is 4.90 Å². The minimum absolute atomic E-state index is 0.0186. The Hall–Kier alpha value is -1.77. The number of carbonyl (C=O) groups excluding carboxylic acids is 1. The topological polar surface area (TPSA) is 79.2 Å². The van der Waals surface area contributed by atoms with Crippen LogP contribution in [0.4, 0.5) is 8.78 Å². The molecular formula is C18H25F2NO5. The highest BCUT2D eigenvalue weighted by atomic mass is 19.3. The molecule has 0 radical (unpaired) electrons. The second kappa shape index (κ2) is 9.25. The van der Waals surface area contributed by atoms with Crippen molar-refractivity contribution >= 4 is 5.91 Å². The van der Waals surface area contributed by atoms with E-state index >= 15 is 0 Å². The van der Waals surface area contributed by atoms with Crippen molar-refractivity contribution in [2.24, 2.45) is 5.41 Å². The van der Waals surface area contributed by atoms with Crippen LogP contribution in [0, 0.1) is 5.41 Å². The van der Waals surface area contributed by atoms with Gasteiger partial charge in [0, 0.05) is 37.8 Å². The maximum atomic E-state index is 12.7. The van der Waals surface area contributed by atoms with Crippen LogP contribution >= 0.6 is 0 Å². The number of amides is 1. The summed E-state index contributed by atoms with van der Waals surface area (Å²) < 4.78 is 33.7. The number of piperidine rings is 1. The zero-order chi connectivity index (χ0) is 19.2.